The van der Waals surface area contributed by atoms with Gasteiger partial charge in [-0.05, 0) is 62.2 Å². The lowest BCUT2D eigenvalue weighted by atomic mass is 10.0. The van der Waals surface area contributed by atoms with Crippen LogP contribution in [0.15, 0.2) is 53.4 Å². The average Bonchev–Trinajstić information content (AvgIpc) is 2.94. The number of halogens is 1. The predicted octanol–water partition coefficient (Wildman–Crippen LogP) is 2.71. The van der Waals surface area contributed by atoms with Gasteiger partial charge in [-0.1, -0.05) is 24.3 Å². The number of hydrogen-bond donors (Lipinski definition) is 1. The number of hydrogen-bond acceptors (Lipinski definition) is 4. The molecular formula is C22H28FN3O3S. The van der Waals surface area contributed by atoms with Crippen LogP contribution in [0, 0.1) is 12.7 Å². The number of benzene rings is 2. The lowest BCUT2D eigenvalue weighted by Crippen LogP contribution is -2.40. The smallest absolute Gasteiger partial charge is 0.243 e. The summed E-state index contributed by atoms with van der Waals surface area (Å²) in [6, 6.07) is 12.7. The molecule has 0 aliphatic carbocycles. The van der Waals surface area contributed by atoms with Crippen LogP contribution in [0.1, 0.15) is 30.5 Å². The third kappa shape index (κ3) is 5.44. The molecule has 0 bridgehead atoms. The molecule has 6 nitrogen and oxygen atoms in total. The molecule has 1 aliphatic rings. The Morgan fingerprint density at radius 2 is 1.77 bits per heavy atom. The van der Waals surface area contributed by atoms with Crippen LogP contribution in [0.4, 0.5) is 4.39 Å². The van der Waals surface area contributed by atoms with Crippen LogP contribution < -0.4 is 5.32 Å². The summed E-state index contributed by atoms with van der Waals surface area (Å²) in [7, 11) is -3.67. The van der Waals surface area contributed by atoms with Gasteiger partial charge in [0.1, 0.15) is 5.82 Å². The Bertz CT molecular complexity index is 979. The summed E-state index contributed by atoms with van der Waals surface area (Å²) in [5.74, 6) is -0.553. The van der Waals surface area contributed by atoms with Crippen LogP contribution in [-0.2, 0) is 14.8 Å². The second-order valence-corrected chi connectivity index (χ2v) is 9.57. The number of rotatable bonds is 6. The standard InChI is InChI=1S/C22H28FN3O3S/c1-17-6-3-4-7-21(17)18(2)24-22(27)16-25-12-5-13-26(15-14-25)30(28,29)20-10-8-19(23)9-11-20/h3-4,6-11,18H,5,12-16H2,1-2H3,(H,24,27)/t18-/m0/s1. The van der Waals surface area contributed by atoms with Crippen molar-refractivity contribution >= 4 is 15.9 Å². The fourth-order valence-corrected chi connectivity index (χ4v) is 5.21. The number of nitrogens with zero attached hydrogens (tertiary/aromatic N) is 2. The van der Waals surface area contributed by atoms with Crippen LogP contribution in [0.5, 0.6) is 0 Å². The second-order valence-electron chi connectivity index (χ2n) is 7.63. The number of carbonyl (C=O) groups is 1. The van der Waals surface area contributed by atoms with E-state index in [1.165, 1.54) is 16.4 Å². The van der Waals surface area contributed by atoms with Crippen molar-refractivity contribution in [1.29, 1.82) is 0 Å². The molecule has 0 saturated carbocycles. The van der Waals surface area contributed by atoms with E-state index in [0.29, 0.717) is 32.6 Å². The van der Waals surface area contributed by atoms with Gasteiger partial charge in [0, 0.05) is 19.6 Å². The number of nitrogens with one attached hydrogen (secondary N) is 1. The Balaban J connectivity index is 1.56. The zero-order valence-electron chi connectivity index (χ0n) is 17.3. The van der Waals surface area contributed by atoms with E-state index in [4.69, 9.17) is 0 Å². The van der Waals surface area contributed by atoms with Gasteiger partial charge >= 0.3 is 0 Å². The molecule has 1 saturated heterocycles. The zero-order chi connectivity index (χ0) is 21.7. The monoisotopic (exact) mass is 433 g/mol. The summed E-state index contributed by atoms with van der Waals surface area (Å²) in [4.78, 5) is 14.6. The van der Waals surface area contributed by atoms with E-state index in [0.717, 1.165) is 23.3 Å². The third-order valence-corrected chi connectivity index (χ3v) is 7.31. The minimum atomic E-state index is -3.67. The van der Waals surface area contributed by atoms with E-state index in [-0.39, 0.29) is 23.4 Å². The fourth-order valence-electron chi connectivity index (χ4n) is 3.74. The molecule has 30 heavy (non-hydrogen) atoms. The van der Waals surface area contributed by atoms with Crippen molar-refractivity contribution in [3.63, 3.8) is 0 Å². The van der Waals surface area contributed by atoms with Crippen LogP contribution in [0.25, 0.3) is 0 Å². The summed E-state index contributed by atoms with van der Waals surface area (Å²) in [6.07, 6.45) is 0.626. The van der Waals surface area contributed by atoms with Crippen LogP contribution in [0.3, 0.4) is 0 Å². The lowest BCUT2D eigenvalue weighted by Gasteiger charge is -2.23. The highest BCUT2D eigenvalue weighted by Gasteiger charge is 2.27. The Hall–Kier alpha value is -2.29. The SMILES string of the molecule is Cc1ccccc1[C@H](C)NC(=O)CN1CCCN(S(=O)(=O)c2ccc(F)cc2)CC1. The topological polar surface area (TPSA) is 69.7 Å². The minimum absolute atomic E-state index is 0.0828. The fraction of sp³-hybridized carbons (Fsp3) is 0.409. The van der Waals surface area contributed by atoms with Crippen molar-refractivity contribution in [3.05, 3.63) is 65.5 Å². The van der Waals surface area contributed by atoms with E-state index in [1.54, 1.807) is 0 Å². The van der Waals surface area contributed by atoms with Gasteiger partial charge in [0.2, 0.25) is 15.9 Å². The molecule has 8 heteroatoms. The molecule has 1 fully saturated rings. The molecule has 3 rings (SSSR count). The maximum Gasteiger partial charge on any atom is 0.243 e. The number of aryl methyl sites for hydroxylation is 1. The first-order valence-corrected chi connectivity index (χ1v) is 11.5. The molecule has 1 amide bonds. The molecule has 0 aromatic heterocycles. The molecule has 0 radical (unpaired) electrons. The van der Waals surface area contributed by atoms with Crippen LogP contribution >= 0.6 is 0 Å². The van der Waals surface area contributed by atoms with Crippen molar-refractivity contribution in [1.82, 2.24) is 14.5 Å². The van der Waals surface area contributed by atoms with Gasteiger partial charge in [-0.25, -0.2) is 12.8 Å². The maximum atomic E-state index is 13.1. The first kappa shape index (κ1) is 22.4. The molecule has 0 spiro atoms. The van der Waals surface area contributed by atoms with Crippen LogP contribution in [0.2, 0.25) is 0 Å². The zero-order valence-corrected chi connectivity index (χ0v) is 18.2. The third-order valence-electron chi connectivity index (χ3n) is 5.40. The summed E-state index contributed by atoms with van der Waals surface area (Å²) >= 11 is 0. The van der Waals surface area contributed by atoms with Crippen LogP contribution in [-0.4, -0.2) is 56.3 Å². The van der Waals surface area contributed by atoms with Gasteiger partial charge in [0.05, 0.1) is 17.5 Å². The molecule has 0 unspecified atom stereocenters. The van der Waals surface area contributed by atoms with Gasteiger partial charge in [0.15, 0.2) is 0 Å². The first-order chi connectivity index (χ1) is 14.3. The molecule has 1 heterocycles. The van der Waals surface area contributed by atoms with E-state index in [9.17, 15) is 17.6 Å². The Morgan fingerprint density at radius 1 is 1.07 bits per heavy atom. The van der Waals surface area contributed by atoms with E-state index in [1.807, 2.05) is 43.0 Å². The summed E-state index contributed by atoms with van der Waals surface area (Å²) < 4.78 is 40.2. The highest BCUT2D eigenvalue weighted by molar-refractivity contribution is 7.89. The van der Waals surface area contributed by atoms with Gasteiger partial charge in [0.25, 0.3) is 0 Å². The highest BCUT2D eigenvalue weighted by Crippen LogP contribution is 2.19. The minimum Gasteiger partial charge on any atom is -0.348 e. The van der Waals surface area contributed by atoms with E-state index >= 15 is 0 Å². The van der Waals surface area contributed by atoms with Gasteiger partial charge in [-0.3, -0.25) is 9.69 Å². The average molecular weight is 434 g/mol. The number of carbonyl (C=O) groups excluding carboxylic acids is 1. The lowest BCUT2D eigenvalue weighted by molar-refractivity contribution is -0.122. The van der Waals surface area contributed by atoms with Crippen molar-refractivity contribution in [2.75, 3.05) is 32.7 Å². The summed E-state index contributed by atoms with van der Waals surface area (Å²) in [6.45, 7) is 5.97. The van der Waals surface area contributed by atoms with E-state index < -0.39 is 15.8 Å². The van der Waals surface area contributed by atoms with Gasteiger partial charge < -0.3 is 5.32 Å². The molecule has 1 atom stereocenters. The van der Waals surface area contributed by atoms with Crippen molar-refractivity contribution in [3.8, 4) is 0 Å². The number of amides is 1. The second kappa shape index (κ2) is 9.68. The number of sulfonamides is 1. The van der Waals surface area contributed by atoms with Gasteiger partial charge in [-0.15, -0.1) is 0 Å². The van der Waals surface area contributed by atoms with Crippen molar-refractivity contribution < 1.29 is 17.6 Å². The molecular weight excluding hydrogens is 405 g/mol. The molecule has 2 aromatic rings. The Morgan fingerprint density at radius 3 is 2.47 bits per heavy atom. The van der Waals surface area contributed by atoms with Gasteiger partial charge in [-0.2, -0.15) is 4.31 Å². The van der Waals surface area contributed by atoms with Crippen molar-refractivity contribution in [2.45, 2.75) is 31.2 Å². The summed E-state index contributed by atoms with van der Waals surface area (Å²) in [5.41, 5.74) is 2.21. The van der Waals surface area contributed by atoms with E-state index in [2.05, 4.69) is 5.32 Å². The molecule has 1 aliphatic heterocycles. The largest absolute Gasteiger partial charge is 0.348 e. The first-order valence-electron chi connectivity index (χ1n) is 10.1. The molecule has 2 aromatic carbocycles. The van der Waals surface area contributed by atoms with Crippen molar-refractivity contribution in [2.24, 2.45) is 0 Å². The Kier molecular flexibility index (Phi) is 7.23. The molecule has 162 valence electrons. The Labute approximate surface area is 177 Å². The predicted molar refractivity (Wildman–Crippen MR) is 114 cm³/mol. The maximum absolute atomic E-state index is 13.1. The normalized spacial score (nSPS) is 17.3. The molecule has 1 N–H and O–H groups in total. The summed E-state index contributed by atoms with van der Waals surface area (Å²) in [5, 5.41) is 3.03. The highest BCUT2D eigenvalue weighted by atomic mass is 32.2. The quantitative estimate of drug-likeness (QED) is 0.761.